The lowest BCUT2D eigenvalue weighted by molar-refractivity contribution is 0.185. The maximum atomic E-state index is 11.9. The van der Waals surface area contributed by atoms with Gasteiger partial charge in [-0.2, -0.15) is 0 Å². The molecule has 2 amide bonds. The highest BCUT2D eigenvalue weighted by Gasteiger charge is 2.17. The predicted molar refractivity (Wildman–Crippen MR) is 78.2 cm³/mol. The zero-order chi connectivity index (χ0) is 13.3. The van der Waals surface area contributed by atoms with Crippen LogP contribution in [0.15, 0.2) is 0 Å². The first-order valence-corrected chi connectivity index (χ1v) is 8.32. The SMILES string of the molecule is O=C([N]CCCC1CCCCCC1)N1CCCCC1. The Kier molecular flexibility index (Phi) is 6.52. The lowest BCUT2D eigenvalue weighted by atomic mass is 9.95. The van der Waals surface area contributed by atoms with Crippen LogP contribution in [-0.2, 0) is 0 Å². The molecule has 0 aromatic heterocycles. The summed E-state index contributed by atoms with van der Waals surface area (Å²) in [6.07, 6.45) is 14.4. The first-order chi connectivity index (χ1) is 9.36. The number of carbonyl (C=O) groups is 1. The van der Waals surface area contributed by atoms with Gasteiger partial charge in [0.05, 0.1) is 0 Å². The quantitative estimate of drug-likeness (QED) is 0.560. The van der Waals surface area contributed by atoms with Gasteiger partial charge in [0.25, 0.3) is 0 Å². The van der Waals surface area contributed by atoms with Gasteiger partial charge in [-0.05, 0) is 38.0 Å². The maximum absolute atomic E-state index is 11.9. The van der Waals surface area contributed by atoms with Crippen LogP contribution in [0.2, 0.25) is 0 Å². The average molecular weight is 265 g/mol. The standard InChI is InChI=1S/C16H29N2O/c19-16(18-13-6-3-7-14-18)17-12-8-11-15-9-4-1-2-5-10-15/h15H,1-14H2. The van der Waals surface area contributed by atoms with E-state index in [4.69, 9.17) is 0 Å². The first-order valence-electron chi connectivity index (χ1n) is 8.32. The fourth-order valence-corrected chi connectivity index (χ4v) is 3.39. The molecule has 0 atom stereocenters. The van der Waals surface area contributed by atoms with Crippen molar-refractivity contribution in [3.05, 3.63) is 0 Å². The van der Waals surface area contributed by atoms with Crippen LogP contribution >= 0.6 is 0 Å². The van der Waals surface area contributed by atoms with E-state index < -0.39 is 0 Å². The third-order valence-corrected chi connectivity index (χ3v) is 4.62. The minimum absolute atomic E-state index is 0.0422. The van der Waals surface area contributed by atoms with E-state index in [2.05, 4.69) is 5.32 Å². The molecular formula is C16H29N2O. The van der Waals surface area contributed by atoms with Gasteiger partial charge in [-0.25, -0.2) is 10.1 Å². The Bertz CT molecular complexity index is 253. The third kappa shape index (κ3) is 5.42. The number of piperidine rings is 1. The number of urea groups is 1. The zero-order valence-corrected chi connectivity index (χ0v) is 12.3. The maximum Gasteiger partial charge on any atom is 0.338 e. The van der Waals surface area contributed by atoms with Gasteiger partial charge in [-0.3, -0.25) is 0 Å². The molecule has 1 saturated carbocycles. The molecule has 3 heteroatoms. The zero-order valence-electron chi connectivity index (χ0n) is 12.3. The van der Waals surface area contributed by atoms with Gasteiger partial charge in [-0.15, -0.1) is 0 Å². The number of likely N-dealkylation sites (tertiary alicyclic amines) is 1. The van der Waals surface area contributed by atoms with Crippen LogP contribution in [0, 0.1) is 5.92 Å². The van der Waals surface area contributed by atoms with Gasteiger partial charge >= 0.3 is 6.03 Å². The molecule has 0 aromatic carbocycles. The molecule has 2 rings (SSSR count). The minimum atomic E-state index is 0.0422. The van der Waals surface area contributed by atoms with Crippen LogP contribution in [0.4, 0.5) is 4.79 Å². The van der Waals surface area contributed by atoms with Gasteiger partial charge in [0.1, 0.15) is 0 Å². The molecule has 1 radical (unpaired) electrons. The summed E-state index contributed by atoms with van der Waals surface area (Å²) in [6.45, 7) is 2.59. The Morgan fingerprint density at radius 3 is 2.26 bits per heavy atom. The lowest BCUT2D eigenvalue weighted by Crippen LogP contribution is -2.39. The Morgan fingerprint density at radius 1 is 0.947 bits per heavy atom. The van der Waals surface area contributed by atoms with Crippen molar-refractivity contribution >= 4 is 6.03 Å². The number of hydrogen-bond donors (Lipinski definition) is 0. The number of carbonyl (C=O) groups excluding carboxylic acids is 1. The summed E-state index contributed by atoms with van der Waals surface area (Å²) in [5.41, 5.74) is 0. The molecule has 0 aromatic rings. The summed E-state index contributed by atoms with van der Waals surface area (Å²) >= 11 is 0. The molecule has 3 nitrogen and oxygen atoms in total. The lowest BCUT2D eigenvalue weighted by Gasteiger charge is -2.25. The average Bonchev–Trinajstić information content (AvgIpc) is 2.73. The molecule has 2 aliphatic rings. The number of amides is 2. The fourth-order valence-electron chi connectivity index (χ4n) is 3.39. The van der Waals surface area contributed by atoms with Gasteiger partial charge in [0.2, 0.25) is 0 Å². The Labute approximate surface area is 118 Å². The summed E-state index contributed by atoms with van der Waals surface area (Å²) in [5.74, 6) is 0.905. The molecule has 2 fully saturated rings. The molecule has 109 valence electrons. The van der Waals surface area contributed by atoms with Crippen LogP contribution in [0.5, 0.6) is 0 Å². The van der Waals surface area contributed by atoms with Crippen LogP contribution < -0.4 is 5.32 Å². The Hall–Kier alpha value is -0.730. The summed E-state index contributed by atoms with van der Waals surface area (Å²) in [4.78, 5) is 13.8. The minimum Gasteiger partial charge on any atom is -0.323 e. The second-order valence-electron chi connectivity index (χ2n) is 6.21. The molecule has 1 aliphatic carbocycles. The van der Waals surface area contributed by atoms with E-state index in [0.717, 1.165) is 44.8 Å². The van der Waals surface area contributed by atoms with Crippen molar-refractivity contribution in [3.63, 3.8) is 0 Å². The molecule has 1 aliphatic heterocycles. The molecule has 0 unspecified atom stereocenters. The van der Waals surface area contributed by atoms with Crippen molar-refractivity contribution < 1.29 is 4.79 Å². The molecule has 0 N–H and O–H groups in total. The highest BCUT2D eigenvalue weighted by atomic mass is 16.2. The monoisotopic (exact) mass is 265 g/mol. The largest absolute Gasteiger partial charge is 0.338 e. The van der Waals surface area contributed by atoms with Crippen molar-refractivity contribution in [3.8, 4) is 0 Å². The van der Waals surface area contributed by atoms with Gasteiger partial charge in [-0.1, -0.05) is 38.5 Å². The molecule has 1 saturated heterocycles. The number of hydrogen-bond acceptors (Lipinski definition) is 1. The molecule has 0 spiro atoms. The molecule has 19 heavy (non-hydrogen) atoms. The summed E-state index contributed by atoms with van der Waals surface area (Å²) < 4.78 is 0. The van der Waals surface area contributed by atoms with Crippen LogP contribution in [0.25, 0.3) is 0 Å². The van der Waals surface area contributed by atoms with Gasteiger partial charge in [0, 0.05) is 19.6 Å². The number of rotatable bonds is 4. The van der Waals surface area contributed by atoms with E-state index in [0.29, 0.717) is 0 Å². The normalized spacial score (nSPS) is 22.0. The van der Waals surface area contributed by atoms with Crippen molar-refractivity contribution in [2.24, 2.45) is 5.92 Å². The van der Waals surface area contributed by atoms with E-state index in [-0.39, 0.29) is 6.03 Å². The summed E-state index contributed by atoms with van der Waals surface area (Å²) in [6, 6.07) is 0.0422. The molecule has 1 heterocycles. The second-order valence-corrected chi connectivity index (χ2v) is 6.21. The molecule has 0 bridgehead atoms. The highest BCUT2D eigenvalue weighted by Crippen LogP contribution is 2.26. The van der Waals surface area contributed by atoms with Crippen LogP contribution in [-0.4, -0.2) is 30.6 Å². The van der Waals surface area contributed by atoms with E-state index >= 15 is 0 Å². The second kappa shape index (κ2) is 8.44. The smallest absolute Gasteiger partial charge is 0.323 e. The van der Waals surface area contributed by atoms with E-state index in [1.54, 1.807) is 0 Å². The first kappa shape index (κ1) is 14.7. The van der Waals surface area contributed by atoms with Gasteiger partial charge in [0.15, 0.2) is 0 Å². The number of nitrogens with zero attached hydrogens (tertiary/aromatic N) is 2. The van der Waals surface area contributed by atoms with Gasteiger partial charge < -0.3 is 4.90 Å². The predicted octanol–water partition coefficient (Wildman–Crippen LogP) is 3.95. The Morgan fingerprint density at radius 2 is 1.58 bits per heavy atom. The van der Waals surface area contributed by atoms with Crippen LogP contribution in [0.3, 0.4) is 0 Å². The van der Waals surface area contributed by atoms with E-state index in [9.17, 15) is 4.79 Å². The van der Waals surface area contributed by atoms with E-state index in [1.165, 1.54) is 51.4 Å². The summed E-state index contributed by atoms with van der Waals surface area (Å²) in [5, 5.41) is 4.24. The highest BCUT2D eigenvalue weighted by molar-refractivity contribution is 5.73. The topological polar surface area (TPSA) is 34.4 Å². The van der Waals surface area contributed by atoms with Crippen molar-refractivity contribution in [1.29, 1.82) is 0 Å². The van der Waals surface area contributed by atoms with Crippen LogP contribution in [0.1, 0.15) is 70.6 Å². The third-order valence-electron chi connectivity index (χ3n) is 4.62. The van der Waals surface area contributed by atoms with Crippen molar-refractivity contribution in [1.82, 2.24) is 10.2 Å². The summed E-state index contributed by atoms with van der Waals surface area (Å²) in [7, 11) is 0. The fraction of sp³-hybridized carbons (Fsp3) is 0.938. The van der Waals surface area contributed by atoms with Crippen molar-refractivity contribution in [2.75, 3.05) is 19.6 Å². The Balaban J connectivity index is 1.54. The van der Waals surface area contributed by atoms with Crippen molar-refractivity contribution in [2.45, 2.75) is 70.6 Å². The molecular weight excluding hydrogens is 236 g/mol. The van der Waals surface area contributed by atoms with E-state index in [1.807, 2.05) is 4.90 Å².